The van der Waals surface area contributed by atoms with Crippen LogP contribution in [0.25, 0.3) is 10.4 Å². The van der Waals surface area contributed by atoms with Crippen molar-refractivity contribution in [1.29, 1.82) is 0 Å². The maximum Gasteiger partial charge on any atom is 0.237 e. The molecule has 20 heavy (non-hydrogen) atoms. The molecule has 102 valence electrons. The lowest BCUT2D eigenvalue weighted by Crippen LogP contribution is -2.30. The SMILES string of the molecule is [N-]=[N+]=Nc1ccc(N2C(=O)C3CCCCC3C2=O)cc1. The van der Waals surface area contributed by atoms with Crippen molar-refractivity contribution in [2.45, 2.75) is 25.7 Å². The molecule has 0 N–H and O–H groups in total. The second kappa shape index (κ2) is 4.98. The summed E-state index contributed by atoms with van der Waals surface area (Å²) in [5, 5.41) is 3.48. The number of azide groups is 1. The molecule has 1 aliphatic heterocycles. The summed E-state index contributed by atoms with van der Waals surface area (Å²) in [5.74, 6) is -0.464. The summed E-state index contributed by atoms with van der Waals surface area (Å²) < 4.78 is 0. The number of anilines is 1. The van der Waals surface area contributed by atoms with Crippen molar-refractivity contribution in [3.8, 4) is 0 Å². The maximum atomic E-state index is 12.4. The Morgan fingerprint density at radius 2 is 1.60 bits per heavy atom. The van der Waals surface area contributed by atoms with Crippen LogP contribution < -0.4 is 4.90 Å². The zero-order valence-electron chi connectivity index (χ0n) is 10.9. The highest BCUT2D eigenvalue weighted by Gasteiger charge is 2.48. The summed E-state index contributed by atoms with van der Waals surface area (Å²) >= 11 is 0. The van der Waals surface area contributed by atoms with Gasteiger partial charge in [0.15, 0.2) is 0 Å². The summed E-state index contributed by atoms with van der Waals surface area (Å²) in [5.41, 5.74) is 9.39. The van der Waals surface area contributed by atoms with Crippen LogP contribution in [-0.4, -0.2) is 11.8 Å². The van der Waals surface area contributed by atoms with E-state index < -0.39 is 0 Å². The van der Waals surface area contributed by atoms with Gasteiger partial charge in [0.2, 0.25) is 11.8 Å². The van der Waals surface area contributed by atoms with E-state index in [0.29, 0.717) is 11.4 Å². The van der Waals surface area contributed by atoms with Gasteiger partial charge in [-0.05, 0) is 30.5 Å². The third kappa shape index (κ3) is 1.94. The van der Waals surface area contributed by atoms with Crippen LogP contribution in [0.1, 0.15) is 25.7 Å². The third-order valence-corrected chi connectivity index (χ3v) is 4.11. The molecular weight excluding hydrogens is 256 g/mol. The first kappa shape index (κ1) is 12.7. The smallest absolute Gasteiger partial charge is 0.237 e. The molecule has 6 heteroatoms. The molecule has 1 saturated carbocycles. The fourth-order valence-electron chi connectivity index (χ4n) is 3.14. The monoisotopic (exact) mass is 270 g/mol. The number of hydrogen-bond donors (Lipinski definition) is 0. The molecule has 2 unspecified atom stereocenters. The predicted molar refractivity (Wildman–Crippen MR) is 73.2 cm³/mol. The molecule has 6 nitrogen and oxygen atoms in total. The van der Waals surface area contributed by atoms with Gasteiger partial charge in [-0.1, -0.05) is 30.1 Å². The van der Waals surface area contributed by atoms with E-state index in [1.54, 1.807) is 24.3 Å². The molecule has 2 fully saturated rings. The quantitative estimate of drug-likeness (QED) is 0.357. The highest BCUT2D eigenvalue weighted by molar-refractivity contribution is 6.22. The van der Waals surface area contributed by atoms with Gasteiger partial charge in [0.05, 0.1) is 17.5 Å². The van der Waals surface area contributed by atoms with Crippen LogP contribution >= 0.6 is 0 Å². The summed E-state index contributed by atoms with van der Waals surface area (Å²) in [6.07, 6.45) is 3.65. The Labute approximate surface area is 116 Å². The van der Waals surface area contributed by atoms with Crippen LogP contribution in [0.2, 0.25) is 0 Å². The van der Waals surface area contributed by atoms with Crippen molar-refractivity contribution in [3.05, 3.63) is 34.7 Å². The van der Waals surface area contributed by atoms with Gasteiger partial charge in [-0.25, -0.2) is 0 Å². The Balaban J connectivity index is 1.91. The van der Waals surface area contributed by atoms with Crippen molar-refractivity contribution in [2.24, 2.45) is 17.0 Å². The van der Waals surface area contributed by atoms with Crippen molar-refractivity contribution in [2.75, 3.05) is 4.90 Å². The summed E-state index contributed by atoms with van der Waals surface area (Å²) in [4.78, 5) is 28.8. The molecule has 1 aliphatic carbocycles. The molecule has 3 rings (SSSR count). The fourth-order valence-corrected chi connectivity index (χ4v) is 3.14. The van der Waals surface area contributed by atoms with E-state index in [-0.39, 0.29) is 23.7 Å². The topological polar surface area (TPSA) is 86.1 Å². The molecule has 1 aromatic rings. The number of hydrogen-bond acceptors (Lipinski definition) is 3. The standard InChI is InChI=1S/C14H14N4O2/c15-17-16-9-5-7-10(8-6-9)18-13(19)11-3-1-2-4-12(11)14(18)20/h5-8,11-12H,1-4H2. The van der Waals surface area contributed by atoms with Gasteiger partial charge in [0, 0.05) is 10.6 Å². The molecule has 2 aliphatic rings. The summed E-state index contributed by atoms with van der Waals surface area (Å²) in [6, 6.07) is 6.52. The van der Waals surface area contributed by atoms with Crippen LogP contribution in [0.15, 0.2) is 29.4 Å². The summed E-state index contributed by atoms with van der Waals surface area (Å²) in [6.45, 7) is 0. The highest BCUT2D eigenvalue weighted by Crippen LogP contribution is 2.40. The van der Waals surface area contributed by atoms with Crippen LogP contribution in [0.5, 0.6) is 0 Å². The maximum absolute atomic E-state index is 12.4. The Kier molecular flexibility index (Phi) is 3.16. The van der Waals surface area contributed by atoms with Gasteiger partial charge < -0.3 is 0 Å². The lowest BCUT2D eigenvalue weighted by molar-refractivity contribution is -0.122. The lowest BCUT2D eigenvalue weighted by Gasteiger charge is -2.19. The van der Waals surface area contributed by atoms with Gasteiger partial charge in [-0.15, -0.1) is 0 Å². The Hall–Kier alpha value is -2.33. The first-order valence-corrected chi connectivity index (χ1v) is 6.75. The van der Waals surface area contributed by atoms with E-state index in [1.165, 1.54) is 4.90 Å². The molecule has 0 radical (unpaired) electrons. The minimum Gasteiger partial charge on any atom is -0.274 e. The van der Waals surface area contributed by atoms with Gasteiger partial charge in [0.25, 0.3) is 0 Å². The van der Waals surface area contributed by atoms with E-state index in [2.05, 4.69) is 10.0 Å². The van der Waals surface area contributed by atoms with Gasteiger partial charge >= 0.3 is 0 Å². The van der Waals surface area contributed by atoms with E-state index in [0.717, 1.165) is 25.7 Å². The highest BCUT2D eigenvalue weighted by atomic mass is 16.2. The average molecular weight is 270 g/mol. The molecule has 0 spiro atoms. The average Bonchev–Trinajstić information content (AvgIpc) is 2.73. The van der Waals surface area contributed by atoms with Crippen LogP contribution in [0.3, 0.4) is 0 Å². The molecule has 2 atom stereocenters. The van der Waals surface area contributed by atoms with Crippen molar-refractivity contribution >= 4 is 23.2 Å². The number of imide groups is 1. The predicted octanol–water partition coefficient (Wildman–Crippen LogP) is 3.31. The molecule has 0 aromatic heterocycles. The van der Waals surface area contributed by atoms with E-state index in [4.69, 9.17) is 5.53 Å². The van der Waals surface area contributed by atoms with Crippen LogP contribution in [-0.2, 0) is 9.59 Å². The van der Waals surface area contributed by atoms with Gasteiger partial charge in [-0.3, -0.25) is 14.5 Å². The Bertz CT molecular complexity index is 580. The Morgan fingerprint density at radius 3 is 2.10 bits per heavy atom. The number of carbonyl (C=O) groups excluding carboxylic acids is 2. The summed E-state index contributed by atoms with van der Waals surface area (Å²) in [7, 11) is 0. The first-order chi connectivity index (χ1) is 9.72. The third-order valence-electron chi connectivity index (χ3n) is 4.11. The minimum atomic E-state index is -0.145. The molecular formula is C14H14N4O2. The van der Waals surface area contributed by atoms with Crippen molar-refractivity contribution < 1.29 is 9.59 Å². The first-order valence-electron chi connectivity index (χ1n) is 6.75. The molecule has 1 heterocycles. The van der Waals surface area contributed by atoms with E-state index >= 15 is 0 Å². The van der Waals surface area contributed by atoms with Crippen molar-refractivity contribution in [3.63, 3.8) is 0 Å². The number of nitrogens with zero attached hydrogens (tertiary/aromatic N) is 4. The van der Waals surface area contributed by atoms with Crippen LogP contribution in [0, 0.1) is 11.8 Å². The molecule has 0 bridgehead atoms. The second-order valence-corrected chi connectivity index (χ2v) is 5.22. The number of rotatable bonds is 2. The normalized spacial score (nSPS) is 25.3. The lowest BCUT2D eigenvalue weighted by atomic mass is 9.81. The molecule has 2 amide bonds. The number of carbonyl (C=O) groups is 2. The number of benzene rings is 1. The van der Waals surface area contributed by atoms with Crippen molar-refractivity contribution in [1.82, 2.24) is 0 Å². The number of amides is 2. The zero-order chi connectivity index (χ0) is 14.1. The number of fused-ring (bicyclic) bond motifs is 1. The zero-order valence-corrected chi connectivity index (χ0v) is 10.9. The Morgan fingerprint density at radius 1 is 1.05 bits per heavy atom. The largest absolute Gasteiger partial charge is 0.274 e. The van der Waals surface area contributed by atoms with E-state index in [9.17, 15) is 9.59 Å². The fraction of sp³-hybridized carbons (Fsp3) is 0.429. The molecule has 1 saturated heterocycles. The second-order valence-electron chi connectivity index (χ2n) is 5.22. The van der Waals surface area contributed by atoms with Gasteiger partial charge in [-0.2, -0.15) is 0 Å². The molecule has 1 aromatic carbocycles. The van der Waals surface area contributed by atoms with E-state index in [1.807, 2.05) is 0 Å². The van der Waals surface area contributed by atoms with Crippen LogP contribution in [0.4, 0.5) is 11.4 Å². The van der Waals surface area contributed by atoms with Gasteiger partial charge in [0.1, 0.15) is 0 Å². The minimum absolute atomic E-state index is 0.0868.